The van der Waals surface area contributed by atoms with Gasteiger partial charge in [0.25, 0.3) is 0 Å². The number of carboxylic acids is 1. The van der Waals surface area contributed by atoms with Crippen LogP contribution in [-0.4, -0.2) is 17.7 Å². The van der Waals surface area contributed by atoms with E-state index in [0.717, 1.165) is 31.2 Å². The predicted octanol–water partition coefficient (Wildman–Crippen LogP) is 2.85. The molecule has 0 heterocycles. The number of carboxylic acid groups (broad SMARTS) is 1. The zero-order chi connectivity index (χ0) is 12.1. The maximum atomic E-state index is 10.9. The molecule has 2 rings (SSSR count). The maximum absolute atomic E-state index is 10.9. The first kappa shape index (κ1) is 12.1. The second-order valence-electron chi connectivity index (χ2n) is 4.73. The Hall–Kier alpha value is -1.35. The molecule has 0 radical (unpaired) electrons. The topological polar surface area (TPSA) is 46.5 Å². The van der Waals surface area contributed by atoms with Gasteiger partial charge in [-0.1, -0.05) is 30.3 Å². The highest BCUT2D eigenvalue weighted by atomic mass is 16.5. The number of benzene rings is 1. The minimum atomic E-state index is -0.638. The van der Waals surface area contributed by atoms with Crippen molar-refractivity contribution in [2.45, 2.75) is 32.3 Å². The molecule has 1 aliphatic rings. The number of hydrogen-bond acceptors (Lipinski definition) is 2. The second kappa shape index (κ2) is 5.32. The molecule has 1 aliphatic carbocycles. The van der Waals surface area contributed by atoms with Crippen LogP contribution in [0.1, 0.15) is 31.2 Å². The van der Waals surface area contributed by atoms with Gasteiger partial charge in [-0.25, -0.2) is 0 Å². The molecule has 0 bridgehead atoms. The Morgan fingerprint density at radius 1 is 1.29 bits per heavy atom. The van der Waals surface area contributed by atoms with E-state index < -0.39 is 11.4 Å². The molecule has 0 unspecified atom stereocenters. The standard InChI is InChI=1S/C14H18O3/c15-13(16)14(8-9-14)7-4-10-17-11-12-5-2-1-3-6-12/h1-3,5-6H,4,7-11H2,(H,15,16). The van der Waals surface area contributed by atoms with E-state index in [-0.39, 0.29) is 0 Å². The van der Waals surface area contributed by atoms with Gasteiger partial charge in [-0.3, -0.25) is 4.79 Å². The third-order valence-electron chi connectivity index (χ3n) is 3.36. The van der Waals surface area contributed by atoms with Crippen LogP contribution >= 0.6 is 0 Å². The summed E-state index contributed by atoms with van der Waals surface area (Å²) >= 11 is 0. The molecule has 0 saturated heterocycles. The highest BCUT2D eigenvalue weighted by Gasteiger charge is 2.49. The molecule has 3 nitrogen and oxygen atoms in total. The normalized spacial score (nSPS) is 16.7. The number of aliphatic carboxylic acids is 1. The molecule has 92 valence electrons. The van der Waals surface area contributed by atoms with Crippen molar-refractivity contribution in [3.8, 4) is 0 Å². The first-order chi connectivity index (χ1) is 8.23. The fourth-order valence-corrected chi connectivity index (χ4v) is 2.00. The van der Waals surface area contributed by atoms with Crippen molar-refractivity contribution < 1.29 is 14.6 Å². The van der Waals surface area contributed by atoms with E-state index in [1.165, 1.54) is 0 Å². The summed E-state index contributed by atoms with van der Waals surface area (Å²) in [6.45, 7) is 1.25. The van der Waals surface area contributed by atoms with E-state index in [1.807, 2.05) is 30.3 Å². The van der Waals surface area contributed by atoms with Crippen molar-refractivity contribution in [1.29, 1.82) is 0 Å². The number of carbonyl (C=O) groups is 1. The Labute approximate surface area is 101 Å². The van der Waals surface area contributed by atoms with E-state index >= 15 is 0 Å². The summed E-state index contributed by atoms with van der Waals surface area (Å²) in [4.78, 5) is 10.9. The van der Waals surface area contributed by atoms with E-state index in [4.69, 9.17) is 9.84 Å². The molecule has 0 amide bonds. The zero-order valence-corrected chi connectivity index (χ0v) is 9.89. The summed E-state index contributed by atoms with van der Waals surface area (Å²) in [5.41, 5.74) is 0.752. The molecule has 1 saturated carbocycles. The molecule has 17 heavy (non-hydrogen) atoms. The fourth-order valence-electron chi connectivity index (χ4n) is 2.00. The number of rotatable bonds is 7. The Morgan fingerprint density at radius 3 is 2.59 bits per heavy atom. The van der Waals surface area contributed by atoms with Gasteiger partial charge in [0.05, 0.1) is 12.0 Å². The fraction of sp³-hybridized carbons (Fsp3) is 0.500. The Morgan fingerprint density at radius 2 is 2.00 bits per heavy atom. The van der Waals surface area contributed by atoms with E-state index in [9.17, 15) is 4.79 Å². The lowest BCUT2D eigenvalue weighted by Crippen LogP contribution is -2.15. The maximum Gasteiger partial charge on any atom is 0.309 e. The highest BCUT2D eigenvalue weighted by Crippen LogP contribution is 2.49. The molecule has 3 heteroatoms. The van der Waals surface area contributed by atoms with Gasteiger partial charge in [0.15, 0.2) is 0 Å². The van der Waals surface area contributed by atoms with Crippen molar-refractivity contribution in [3.63, 3.8) is 0 Å². The first-order valence-corrected chi connectivity index (χ1v) is 6.08. The van der Waals surface area contributed by atoms with Gasteiger partial charge >= 0.3 is 5.97 Å². The van der Waals surface area contributed by atoms with Gasteiger partial charge in [-0.15, -0.1) is 0 Å². The third-order valence-corrected chi connectivity index (χ3v) is 3.36. The highest BCUT2D eigenvalue weighted by molar-refractivity contribution is 5.77. The van der Waals surface area contributed by atoms with Gasteiger partial charge in [0.1, 0.15) is 0 Å². The van der Waals surface area contributed by atoms with Crippen LogP contribution in [0, 0.1) is 5.41 Å². The van der Waals surface area contributed by atoms with Gasteiger partial charge in [0.2, 0.25) is 0 Å². The van der Waals surface area contributed by atoms with Crippen molar-refractivity contribution in [1.82, 2.24) is 0 Å². The largest absolute Gasteiger partial charge is 0.481 e. The summed E-state index contributed by atoms with van der Waals surface area (Å²) in [5, 5.41) is 9.00. The molecule has 0 spiro atoms. The summed E-state index contributed by atoms with van der Waals surface area (Å²) in [6.07, 6.45) is 3.25. The SMILES string of the molecule is O=C(O)C1(CCCOCc2ccccc2)CC1. The predicted molar refractivity (Wildman–Crippen MR) is 64.6 cm³/mol. The number of hydrogen-bond donors (Lipinski definition) is 1. The molecule has 0 aromatic heterocycles. The first-order valence-electron chi connectivity index (χ1n) is 6.08. The molecule has 1 N–H and O–H groups in total. The van der Waals surface area contributed by atoms with Gasteiger partial charge in [-0.05, 0) is 31.2 Å². The summed E-state index contributed by atoms with van der Waals surface area (Å²) in [5.74, 6) is -0.638. The van der Waals surface area contributed by atoms with Crippen LogP contribution in [0.3, 0.4) is 0 Å². The average molecular weight is 234 g/mol. The smallest absolute Gasteiger partial charge is 0.309 e. The molecule has 1 aromatic carbocycles. The van der Waals surface area contributed by atoms with E-state index in [1.54, 1.807) is 0 Å². The zero-order valence-electron chi connectivity index (χ0n) is 9.89. The van der Waals surface area contributed by atoms with Gasteiger partial charge < -0.3 is 9.84 Å². The van der Waals surface area contributed by atoms with Crippen molar-refractivity contribution in [2.24, 2.45) is 5.41 Å². The third kappa shape index (κ3) is 3.30. The van der Waals surface area contributed by atoms with Crippen LogP contribution in [-0.2, 0) is 16.1 Å². The lowest BCUT2D eigenvalue weighted by atomic mass is 10.0. The van der Waals surface area contributed by atoms with Crippen LogP contribution in [0.4, 0.5) is 0 Å². The van der Waals surface area contributed by atoms with Crippen LogP contribution in [0.5, 0.6) is 0 Å². The molecule has 1 fully saturated rings. The Bertz CT molecular complexity index is 368. The lowest BCUT2D eigenvalue weighted by Gasteiger charge is -2.09. The molecule has 1 aromatic rings. The van der Waals surface area contributed by atoms with Crippen LogP contribution in [0.25, 0.3) is 0 Å². The Kier molecular flexibility index (Phi) is 3.79. The van der Waals surface area contributed by atoms with Crippen molar-refractivity contribution in [3.05, 3.63) is 35.9 Å². The van der Waals surface area contributed by atoms with Crippen molar-refractivity contribution >= 4 is 5.97 Å². The monoisotopic (exact) mass is 234 g/mol. The molecular formula is C14H18O3. The van der Waals surface area contributed by atoms with Gasteiger partial charge in [-0.2, -0.15) is 0 Å². The number of ether oxygens (including phenoxy) is 1. The molecule has 0 aliphatic heterocycles. The van der Waals surface area contributed by atoms with E-state index in [2.05, 4.69) is 0 Å². The average Bonchev–Trinajstić information content (AvgIpc) is 3.11. The Balaban J connectivity index is 1.60. The summed E-state index contributed by atoms with van der Waals surface area (Å²) < 4.78 is 5.53. The minimum absolute atomic E-state index is 0.407. The second-order valence-corrected chi connectivity index (χ2v) is 4.73. The summed E-state index contributed by atoms with van der Waals surface area (Å²) in [6, 6.07) is 10.0. The van der Waals surface area contributed by atoms with Crippen molar-refractivity contribution in [2.75, 3.05) is 6.61 Å². The minimum Gasteiger partial charge on any atom is -0.481 e. The summed E-state index contributed by atoms with van der Waals surface area (Å²) in [7, 11) is 0. The van der Waals surface area contributed by atoms with Crippen LogP contribution < -0.4 is 0 Å². The van der Waals surface area contributed by atoms with Gasteiger partial charge in [0, 0.05) is 6.61 Å². The van der Waals surface area contributed by atoms with E-state index in [0.29, 0.717) is 13.2 Å². The molecular weight excluding hydrogens is 216 g/mol. The van der Waals surface area contributed by atoms with Crippen LogP contribution in [0.2, 0.25) is 0 Å². The lowest BCUT2D eigenvalue weighted by molar-refractivity contribution is -0.143. The quantitative estimate of drug-likeness (QED) is 0.738. The van der Waals surface area contributed by atoms with Crippen LogP contribution in [0.15, 0.2) is 30.3 Å². The molecule has 0 atom stereocenters.